The van der Waals surface area contributed by atoms with Gasteiger partial charge in [0.2, 0.25) is 0 Å². The number of carbonyl (C=O) groups is 1. The molecule has 3 rings (SSSR count). The molecule has 0 radical (unpaired) electrons. The topological polar surface area (TPSA) is 38.8 Å². The summed E-state index contributed by atoms with van der Waals surface area (Å²) in [5, 5.41) is 0. The molecule has 1 fully saturated rings. The molecule has 2 heterocycles. The maximum atomic E-state index is 12.6. The number of rotatable bonds is 1. The molecule has 0 saturated carbocycles. The molecule has 1 aromatic rings. The van der Waals surface area contributed by atoms with Crippen LogP contribution in [-0.2, 0) is 0 Å². The van der Waals surface area contributed by atoms with Crippen LogP contribution in [0.5, 0.6) is 11.5 Å². The third-order valence-electron chi connectivity index (χ3n) is 3.88. The number of fused-ring (bicyclic) bond motifs is 1. The zero-order valence-electron chi connectivity index (χ0n) is 11.5. The van der Waals surface area contributed by atoms with Crippen LogP contribution in [0.2, 0.25) is 0 Å². The lowest BCUT2D eigenvalue weighted by molar-refractivity contribution is 0.0689. The number of piperidine rings is 1. The Morgan fingerprint density at radius 2 is 2.05 bits per heavy atom. The van der Waals surface area contributed by atoms with E-state index >= 15 is 0 Å². The van der Waals surface area contributed by atoms with Crippen LogP contribution in [0.1, 0.15) is 23.7 Å². The van der Waals surface area contributed by atoms with E-state index in [2.05, 4.69) is 22.9 Å². The third kappa shape index (κ3) is 2.64. The van der Waals surface area contributed by atoms with E-state index in [0.29, 0.717) is 35.3 Å². The Morgan fingerprint density at radius 1 is 1.30 bits per heavy atom. The third-order valence-corrected chi connectivity index (χ3v) is 5.24. The number of alkyl halides is 1. The summed E-state index contributed by atoms with van der Waals surface area (Å²) >= 11 is 3.66. The summed E-state index contributed by atoms with van der Waals surface area (Å²) in [4.78, 5) is 15.0. The summed E-state index contributed by atoms with van der Waals surface area (Å²) in [6.07, 6.45) is 0.997. The highest BCUT2D eigenvalue weighted by Gasteiger charge is 2.28. The first-order valence-electron chi connectivity index (χ1n) is 6.98. The second-order valence-corrected chi connectivity index (χ2v) is 6.57. The van der Waals surface area contributed by atoms with E-state index in [1.807, 2.05) is 17.0 Å². The van der Waals surface area contributed by atoms with Gasteiger partial charge in [0.15, 0.2) is 11.5 Å². The lowest BCUT2D eigenvalue weighted by Gasteiger charge is -2.34. The molecule has 20 heavy (non-hydrogen) atoms. The van der Waals surface area contributed by atoms with Crippen molar-refractivity contribution in [2.45, 2.75) is 18.2 Å². The Balaban J connectivity index is 1.77. The molecule has 2 atom stereocenters. The molecule has 5 heteroatoms. The van der Waals surface area contributed by atoms with E-state index in [1.54, 1.807) is 6.07 Å². The van der Waals surface area contributed by atoms with Crippen LogP contribution in [0.3, 0.4) is 0 Å². The minimum Gasteiger partial charge on any atom is -0.486 e. The largest absolute Gasteiger partial charge is 0.486 e. The van der Waals surface area contributed by atoms with E-state index in [9.17, 15) is 4.79 Å². The van der Waals surface area contributed by atoms with Gasteiger partial charge < -0.3 is 14.4 Å². The van der Waals surface area contributed by atoms with E-state index in [-0.39, 0.29) is 5.91 Å². The number of hydrogen-bond acceptors (Lipinski definition) is 3. The highest BCUT2D eigenvalue weighted by Crippen LogP contribution is 2.32. The quantitative estimate of drug-likeness (QED) is 0.738. The average Bonchev–Trinajstić information content (AvgIpc) is 2.49. The van der Waals surface area contributed by atoms with Crippen molar-refractivity contribution in [3.05, 3.63) is 23.8 Å². The van der Waals surface area contributed by atoms with Gasteiger partial charge in [-0.3, -0.25) is 4.79 Å². The second-order valence-electron chi connectivity index (χ2n) is 5.39. The number of likely N-dealkylation sites (tertiary alicyclic amines) is 1. The summed E-state index contributed by atoms with van der Waals surface area (Å²) in [5.74, 6) is 1.95. The van der Waals surface area contributed by atoms with Gasteiger partial charge in [-0.05, 0) is 30.5 Å². The SMILES string of the molecule is CC1CN(C(=O)c2ccc3c(c2)OCCO3)CCC1Br. The van der Waals surface area contributed by atoms with Crippen molar-refractivity contribution < 1.29 is 14.3 Å². The van der Waals surface area contributed by atoms with Gasteiger partial charge in [0.05, 0.1) is 0 Å². The normalized spacial score (nSPS) is 25.4. The van der Waals surface area contributed by atoms with Crippen LogP contribution in [0.25, 0.3) is 0 Å². The van der Waals surface area contributed by atoms with Gasteiger partial charge in [0.25, 0.3) is 5.91 Å². The van der Waals surface area contributed by atoms with E-state index in [4.69, 9.17) is 9.47 Å². The zero-order valence-corrected chi connectivity index (χ0v) is 13.1. The van der Waals surface area contributed by atoms with Crippen molar-refractivity contribution in [2.24, 2.45) is 5.92 Å². The average molecular weight is 340 g/mol. The highest BCUT2D eigenvalue weighted by atomic mass is 79.9. The van der Waals surface area contributed by atoms with Gasteiger partial charge in [-0.25, -0.2) is 0 Å². The van der Waals surface area contributed by atoms with Crippen molar-refractivity contribution in [2.75, 3.05) is 26.3 Å². The fourth-order valence-electron chi connectivity index (χ4n) is 2.66. The lowest BCUT2D eigenvalue weighted by atomic mass is 9.99. The van der Waals surface area contributed by atoms with Crippen molar-refractivity contribution >= 4 is 21.8 Å². The lowest BCUT2D eigenvalue weighted by Crippen LogP contribution is -2.43. The van der Waals surface area contributed by atoms with Gasteiger partial charge in [-0.15, -0.1) is 0 Å². The molecule has 0 N–H and O–H groups in total. The summed E-state index contributed by atoms with van der Waals surface area (Å²) < 4.78 is 11.0. The van der Waals surface area contributed by atoms with Crippen LogP contribution < -0.4 is 9.47 Å². The Labute approximate surface area is 127 Å². The molecule has 1 saturated heterocycles. The number of benzene rings is 1. The smallest absolute Gasteiger partial charge is 0.254 e. The van der Waals surface area contributed by atoms with E-state index < -0.39 is 0 Å². The van der Waals surface area contributed by atoms with Gasteiger partial charge in [0, 0.05) is 23.5 Å². The Morgan fingerprint density at radius 3 is 2.80 bits per heavy atom. The molecular formula is C15H18BrNO3. The summed E-state index contributed by atoms with van der Waals surface area (Å²) in [6, 6.07) is 5.44. The highest BCUT2D eigenvalue weighted by molar-refractivity contribution is 9.09. The van der Waals surface area contributed by atoms with E-state index in [0.717, 1.165) is 25.3 Å². The molecule has 0 aliphatic carbocycles. The first kappa shape index (κ1) is 13.7. The van der Waals surface area contributed by atoms with Gasteiger partial charge in [-0.1, -0.05) is 22.9 Å². The van der Waals surface area contributed by atoms with Gasteiger partial charge in [-0.2, -0.15) is 0 Å². The van der Waals surface area contributed by atoms with Gasteiger partial charge in [0.1, 0.15) is 13.2 Å². The van der Waals surface area contributed by atoms with Crippen molar-refractivity contribution in [1.82, 2.24) is 4.90 Å². The monoisotopic (exact) mass is 339 g/mol. The predicted octanol–water partition coefficient (Wildman–Crippen LogP) is 2.70. The molecule has 108 valence electrons. The first-order valence-corrected chi connectivity index (χ1v) is 7.89. The number of carbonyl (C=O) groups excluding carboxylic acids is 1. The minimum atomic E-state index is 0.0771. The molecule has 2 unspecified atom stereocenters. The van der Waals surface area contributed by atoms with Crippen LogP contribution >= 0.6 is 15.9 Å². The molecule has 2 aliphatic rings. The van der Waals surface area contributed by atoms with Crippen molar-refractivity contribution in [1.29, 1.82) is 0 Å². The summed E-state index contributed by atoms with van der Waals surface area (Å²) in [5.41, 5.74) is 0.675. The molecule has 0 bridgehead atoms. The molecule has 4 nitrogen and oxygen atoms in total. The van der Waals surface area contributed by atoms with Crippen LogP contribution in [-0.4, -0.2) is 41.9 Å². The number of nitrogens with zero attached hydrogens (tertiary/aromatic N) is 1. The van der Waals surface area contributed by atoms with Crippen LogP contribution in [0.4, 0.5) is 0 Å². The fraction of sp³-hybridized carbons (Fsp3) is 0.533. The number of amides is 1. The predicted molar refractivity (Wildman–Crippen MR) is 79.8 cm³/mol. The number of ether oxygens (including phenoxy) is 2. The van der Waals surface area contributed by atoms with Crippen LogP contribution in [0.15, 0.2) is 18.2 Å². The van der Waals surface area contributed by atoms with Crippen LogP contribution in [0, 0.1) is 5.92 Å². The maximum Gasteiger partial charge on any atom is 0.254 e. The summed E-state index contributed by atoms with van der Waals surface area (Å²) in [7, 11) is 0. The molecule has 1 amide bonds. The van der Waals surface area contributed by atoms with E-state index in [1.165, 1.54) is 0 Å². The fourth-order valence-corrected chi connectivity index (χ4v) is 3.03. The Kier molecular flexibility index (Phi) is 3.87. The Hall–Kier alpha value is -1.23. The molecule has 1 aromatic carbocycles. The van der Waals surface area contributed by atoms with Crippen molar-refractivity contribution in [3.8, 4) is 11.5 Å². The molecular weight excluding hydrogens is 322 g/mol. The number of hydrogen-bond donors (Lipinski definition) is 0. The molecule has 0 aromatic heterocycles. The first-order chi connectivity index (χ1) is 9.65. The second kappa shape index (κ2) is 5.64. The van der Waals surface area contributed by atoms with Gasteiger partial charge >= 0.3 is 0 Å². The van der Waals surface area contributed by atoms with Crippen molar-refractivity contribution in [3.63, 3.8) is 0 Å². The molecule has 2 aliphatic heterocycles. The standard InChI is InChI=1S/C15H18BrNO3/c1-10-9-17(5-4-12(10)16)15(18)11-2-3-13-14(8-11)20-7-6-19-13/h2-3,8,10,12H,4-7,9H2,1H3. The minimum absolute atomic E-state index is 0.0771. The zero-order chi connectivity index (χ0) is 14.1. The summed E-state index contributed by atoms with van der Waals surface area (Å²) in [6.45, 7) is 4.87. The maximum absolute atomic E-state index is 12.6. The number of halogens is 1. The Bertz CT molecular complexity index is 520. The molecule has 0 spiro atoms.